The number of nitrogens with one attached hydrogen (secondary N) is 1. The van der Waals surface area contributed by atoms with Crippen molar-refractivity contribution in [1.82, 2.24) is 0 Å². The van der Waals surface area contributed by atoms with Crippen LogP contribution >= 0.6 is 15.9 Å². The number of hydrogen-bond acceptors (Lipinski definition) is 4. The molecular weight excluding hydrogens is 347 g/mol. The summed E-state index contributed by atoms with van der Waals surface area (Å²) in [5, 5.41) is 22.4. The van der Waals surface area contributed by atoms with E-state index in [0.29, 0.717) is 4.47 Å². The molecule has 2 N–H and O–H groups in total. The molecule has 0 aliphatic carbocycles. The molecule has 2 aromatic carbocycles. The molecule has 0 fully saturated rings. The van der Waals surface area contributed by atoms with Gasteiger partial charge in [0, 0.05) is 16.6 Å². The van der Waals surface area contributed by atoms with Gasteiger partial charge in [0.05, 0.1) is 21.9 Å². The molecule has 0 aromatic heterocycles. The molecule has 0 spiro atoms. The van der Waals surface area contributed by atoms with Crippen LogP contribution in [0.1, 0.15) is 10.4 Å². The van der Waals surface area contributed by atoms with Crippen molar-refractivity contribution in [1.29, 1.82) is 0 Å². The lowest BCUT2D eigenvalue weighted by molar-refractivity contribution is -0.384. The summed E-state index contributed by atoms with van der Waals surface area (Å²) in [6, 6.07) is 7.51. The molecule has 0 bridgehead atoms. The first kappa shape index (κ1) is 14.9. The van der Waals surface area contributed by atoms with Crippen molar-refractivity contribution in [3.05, 3.63) is 62.4 Å². The average molecular weight is 355 g/mol. The number of benzene rings is 2. The van der Waals surface area contributed by atoms with E-state index in [-0.39, 0.29) is 22.6 Å². The lowest BCUT2D eigenvalue weighted by Crippen LogP contribution is -2.04. The number of carboxylic acids is 1. The van der Waals surface area contributed by atoms with E-state index < -0.39 is 16.7 Å². The molecule has 0 atom stereocenters. The number of nitrogens with zero attached hydrogens (tertiary/aromatic N) is 1. The van der Waals surface area contributed by atoms with E-state index in [4.69, 9.17) is 5.11 Å². The zero-order valence-corrected chi connectivity index (χ0v) is 11.9. The van der Waals surface area contributed by atoms with Crippen LogP contribution in [0.5, 0.6) is 0 Å². The fourth-order valence-electron chi connectivity index (χ4n) is 1.67. The molecule has 0 unspecified atom stereocenters. The predicted molar refractivity (Wildman–Crippen MR) is 77.4 cm³/mol. The number of nitro benzene ring substituents is 1. The largest absolute Gasteiger partial charge is 0.478 e. The summed E-state index contributed by atoms with van der Waals surface area (Å²) in [4.78, 5) is 21.1. The molecule has 0 radical (unpaired) electrons. The van der Waals surface area contributed by atoms with E-state index >= 15 is 0 Å². The molecular formula is C13H8BrFN2O4. The highest BCUT2D eigenvalue weighted by Gasteiger charge is 2.17. The Morgan fingerprint density at radius 2 is 1.90 bits per heavy atom. The number of carbonyl (C=O) groups is 1. The van der Waals surface area contributed by atoms with Crippen LogP contribution in [-0.2, 0) is 0 Å². The van der Waals surface area contributed by atoms with Gasteiger partial charge in [0.15, 0.2) is 0 Å². The lowest BCUT2D eigenvalue weighted by atomic mass is 10.1. The van der Waals surface area contributed by atoms with Crippen molar-refractivity contribution in [3.63, 3.8) is 0 Å². The maximum Gasteiger partial charge on any atom is 0.338 e. The molecule has 0 heterocycles. The van der Waals surface area contributed by atoms with Gasteiger partial charge in [-0.25, -0.2) is 9.18 Å². The number of non-ortho nitro benzene ring substituents is 1. The van der Waals surface area contributed by atoms with Crippen molar-refractivity contribution in [3.8, 4) is 0 Å². The summed E-state index contributed by atoms with van der Waals surface area (Å²) in [6.07, 6.45) is 0. The van der Waals surface area contributed by atoms with Crippen LogP contribution in [0.4, 0.5) is 21.5 Å². The van der Waals surface area contributed by atoms with Gasteiger partial charge in [0.25, 0.3) is 5.69 Å². The first-order valence-corrected chi connectivity index (χ1v) is 6.41. The molecule has 0 saturated carbocycles. The van der Waals surface area contributed by atoms with Crippen LogP contribution in [0, 0.1) is 15.9 Å². The summed E-state index contributed by atoms with van der Waals surface area (Å²) in [6.45, 7) is 0. The van der Waals surface area contributed by atoms with Crippen LogP contribution in [-0.4, -0.2) is 16.0 Å². The van der Waals surface area contributed by atoms with E-state index in [2.05, 4.69) is 21.2 Å². The zero-order valence-electron chi connectivity index (χ0n) is 10.3. The van der Waals surface area contributed by atoms with Crippen molar-refractivity contribution in [2.24, 2.45) is 0 Å². The third-order valence-corrected chi connectivity index (χ3v) is 3.14. The van der Waals surface area contributed by atoms with Gasteiger partial charge >= 0.3 is 5.97 Å². The fraction of sp³-hybridized carbons (Fsp3) is 0. The normalized spacial score (nSPS) is 10.2. The van der Waals surface area contributed by atoms with Crippen molar-refractivity contribution < 1.29 is 19.2 Å². The van der Waals surface area contributed by atoms with Gasteiger partial charge in [0.2, 0.25) is 0 Å². The molecule has 2 aromatic rings. The Hall–Kier alpha value is -2.48. The van der Waals surface area contributed by atoms with Crippen LogP contribution < -0.4 is 5.32 Å². The van der Waals surface area contributed by atoms with Gasteiger partial charge < -0.3 is 10.4 Å². The number of rotatable bonds is 4. The molecule has 108 valence electrons. The monoisotopic (exact) mass is 354 g/mol. The van der Waals surface area contributed by atoms with Gasteiger partial charge in [-0.2, -0.15) is 0 Å². The first-order chi connectivity index (χ1) is 9.88. The number of carboxylic acid groups (broad SMARTS) is 1. The van der Waals surface area contributed by atoms with Crippen molar-refractivity contribution >= 4 is 39.0 Å². The van der Waals surface area contributed by atoms with E-state index in [1.54, 1.807) is 6.07 Å². The number of halogens is 2. The van der Waals surface area contributed by atoms with Crippen molar-refractivity contribution in [2.75, 3.05) is 5.32 Å². The highest BCUT2D eigenvalue weighted by Crippen LogP contribution is 2.28. The summed E-state index contributed by atoms with van der Waals surface area (Å²) in [7, 11) is 0. The second-order valence-electron chi connectivity index (χ2n) is 4.04. The summed E-state index contributed by atoms with van der Waals surface area (Å²) < 4.78 is 14.3. The summed E-state index contributed by atoms with van der Waals surface area (Å²) in [5.41, 5.74) is -0.537. The third kappa shape index (κ3) is 3.34. The van der Waals surface area contributed by atoms with Gasteiger partial charge in [-0.05, 0) is 24.3 Å². The maximum absolute atomic E-state index is 13.7. The molecule has 0 aliphatic rings. The fourth-order valence-corrected chi connectivity index (χ4v) is 2.00. The highest BCUT2D eigenvalue weighted by molar-refractivity contribution is 9.10. The third-order valence-electron chi connectivity index (χ3n) is 2.64. The predicted octanol–water partition coefficient (Wildman–Crippen LogP) is 3.94. The Kier molecular flexibility index (Phi) is 4.18. The van der Waals surface area contributed by atoms with E-state index in [0.717, 1.165) is 12.1 Å². The minimum atomic E-state index is -1.35. The van der Waals surface area contributed by atoms with Crippen LogP contribution in [0.3, 0.4) is 0 Å². The molecule has 2 rings (SSSR count). The summed E-state index contributed by atoms with van der Waals surface area (Å²) >= 11 is 3.11. The number of hydrogen-bond donors (Lipinski definition) is 2. The lowest BCUT2D eigenvalue weighted by Gasteiger charge is -2.10. The Bertz CT molecular complexity index is 736. The highest BCUT2D eigenvalue weighted by atomic mass is 79.9. The minimum Gasteiger partial charge on any atom is -0.478 e. The molecule has 0 saturated heterocycles. The Balaban J connectivity index is 2.44. The van der Waals surface area contributed by atoms with Crippen LogP contribution in [0.15, 0.2) is 40.9 Å². The smallest absolute Gasteiger partial charge is 0.338 e. The molecule has 8 heteroatoms. The molecule has 0 amide bonds. The van der Waals surface area contributed by atoms with Gasteiger partial charge in [0.1, 0.15) is 5.82 Å². The second-order valence-corrected chi connectivity index (χ2v) is 4.96. The topological polar surface area (TPSA) is 92.5 Å². The Morgan fingerprint density at radius 1 is 1.24 bits per heavy atom. The SMILES string of the molecule is O=C(O)c1cc([N+](=O)[O-])ccc1Nc1ccc(Br)cc1F. The summed E-state index contributed by atoms with van der Waals surface area (Å²) in [5.74, 6) is -1.93. The first-order valence-electron chi connectivity index (χ1n) is 5.62. The minimum absolute atomic E-state index is 0.0642. The van der Waals surface area contributed by atoms with Gasteiger partial charge in [-0.1, -0.05) is 15.9 Å². The Labute approximate surface area is 126 Å². The second kappa shape index (κ2) is 5.88. The van der Waals surface area contributed by atoms with Crippen LogP contribution in [0.25, 0.3) is 0 Å². The molecule has 21 heavy (non-hydrogen) atoms. The standard InChI is InChI=1S/C13H8BrFN2O4/c14-7-1-3-12(10(15)5-7)16-11-4-2-8(17(20)21)6-9(11)13(18)19/h1-6,16H,(H,18,19). The quantitative estimate of drug-likeness (QED) is 0.640. The average Bonchev–Trinajstić information content (AvgIpc) is 2.41. The number of nitro groups is 1. The van der Waals surface area contributed by atoms with Crippen LogP contribution in [0.2, 0.25) is 0 Å². The van der Waals surface area contributed by atoms with Gasteiger partial charge in [-0.3, -0.25) is 10.1 Å². The van der Waals surface area contributed by atoms with E-state index in [1.165, 1.54) is 18.2 Å². The van der Waals surface area contributed by atoms with E-state index in [1.807, 2.05) is 0 Å². The van der Waals surface area contributed by atoms with Crippen molar-refractivity contribution in [2.45, 2.75) is 0 Å². The number of anilines is 2. The number of aromatic carboxylic acids is 1. The zero-order chi connectivity index (χ0) is 15.6. The van der Waals surface area contributed by atoms with Gasteiger partial charge in [-0.15, -0.1) is 0 Å². The Morgan fingerprint density at radius 3 is 2.48 bits per heavy atom. The molecule has 0 aliphatic heterocycles. The van der Waals surface area contributed by atoms with E-state index in [9.17, 15) is 19.3 Å². The maximum atomic E-state index is 13.7. The molecule has 6 nitrogen and oxygen atoms in total.